The Morgan fingerprint density at radius 2 is 2.00 bits per heavy atom. The van der Waals surface area contributed by atoms with Crippen LogP contribution in [-0.2, 0) is 9.59 Å². The van der Waals surface area contributed by atoms with Gasteiger partial charge in [0.25, 0.3) is 0 Å². The molecule has 0 fully saturated rings. The van der Waals surface area contributed by atoms with Crippen molar-refractivity contribution in [3.05, 3.63) is 12.7 Å². The SMILES string of the molecule is C=CC(S)C(CC(=O)O)C(=O)O. The van der Waals surface area contributed by atoms with Gasteiger partial charge in [0, 0.05) is 5.25 Å². The van der Waals surface area contributed by atoms with Crippen LogP contribution in [0, 0.1) is 5.92 Å². The Bertz CT molecular complexity index is 202. The summed E-state index contributed by atoms with van der Waals surface area (Å²) in [4.78, 5) is 20.7. The second-order valence-corrected chi connectivity index (χ2v) is 2.87. The van der Waals surface area contributed by atoms with Crippen LogP contribution in [-0.4, -0.2) is 27.4 Å². The van der Waals surface area contributed by atoms with Gasteiger partial charge in [-0.25, -0.2) is 0 Å². The Balaban J connectivity index is 4.32. The first-order valence-corrected chi connectivity index (χ1v) is 3.76. The topological polar surface area (TPSA) is 74.6 Å². The molecule has 0 aromatic heterocycles. The number of hydrogen-bond acceptors (Lipinski definition) is 3. The van der Waals surface area contributed by atoms with E-state index in [1.165, 1.54) is 6.08 Å². The first-order valence-electron chi connectivity index (χ1n) is 3.24. The van der Waals surface area contributed by atoms with Crippen LogP contribution in [0.25, 0.3) is 0 Å². The average Bonchev–Trinajstić information content (AvgIpc) is 1.98. The van der Waals surface area contributed by atoms with Crippen LogP contribution in [0.3, 0.4) is 0 Å². The molecule has 68 valence electrons. The summed E-state index contributed by atoms with van der Waals surface area (Å²) in [7, 11) is 0. The molecule has 0 heterocycles. The van der Waals surface area contributed by atoms with E-state index < -0.39 is 29.5 Å². The minimum absolute atomic E-state index is 0.435. The highest BCUT2D eigenvalue weighted by molar-refractivity contribution is 7.81. The van der Waals surface area contributed by atoms with Crippen LogP contribution < -0.4 is 0 Å². The fourth-order valence-corrected chi connectivity index (χ4v) is 0.939. The molecule has 5 heteroatoms. The van der Waals surface area contributed by atoms with Crippen LogP contribution in [0.5, 0.6) is 0 Å². The number of carboxylic acids is 2. The molecule has 12 heavy (non-hydrogen) atoms. The average molecular weight is 190 g/mol. The molecular weight excluding hydrogens is 180 g/mol. The molecule has 0 saturated heterocycles. The molecule has 0 aromatic rings. The number of carboxylic acid groups (broad SMARTS) is 2. The van der Waals surface area contributed by atoms with Crippen molar-refractivity contribution in [1.82, 2.24) is 0 Å². The Kier molecular flexibility index (Phi) is 4.43. The first kappa shape index (κ1) is 11.0. The molecule has 0 saturated carbocycles. The van der Waals surface area contributed by atoms with Crippen molar-refractivity contribution < 1.29 is 19.8 Å². The Hall–Kier alpha value is -0.970. The zero-order valence-electron chi connectivity index (χ0n) is 6.30. The van der Waals surface area contributed by atoms with Gasteiger partial charge in [0.05, 0.1) is 12.3 Å². The minimum Gasteiger partial charge on any atom is -0.481 e. The monoisotopic (exact) mass is 190 g/mol. The van der Waals surface area contributed by atoms with E-state index in [-0.39, 0.29) is 0 Å². The van der Waals surface area contributed by atoms with Crippen molar-refractivity contribution in [3.63, 3.8) is 0 Å². The van der Waals surface area contributed by atoms with E-state index in [0.717, 1.165) is 0 Å². The molecule has 0 spiro atoms. The van der Waals surface area contributed by atoms with Gasteiger partial charge >= 0.3 is 11.9 Å². The van der Waals surface area contributed by atoms with Crippen molar-refractivity contribution in [2.75, 3.05) is 0 Å². The molecule has 0 rings (SSSR count). The lowest BCUT2D eigenvalue weighted by Gasteiger charge is -2.12. The normalized spacial score (nSPS) is 14.8. The fourth-order valence-electron chi connectivity index (χ4n) is 0.707. The van der Waals surface area contributed by atoms with E-state index in [1.54, 1.807) is 0 Å². The molecule has 0 aliphatic carbocycles. The summed E-state index contributed by atoms with van der Waals surface area (Å²) in [5, 5.41) is 16.3. The van der Waals surface area contributed by atoms with E-state index in [0.29, 0.717) is 0 Å². The van der Waals surface area contributed by atoms with Crippen molar-refractivity contribution in [3.8, 4) is 0 Å². The maximum absolute atomic E-state index is 10.5. The van der Waals surface area contributed by atoms with Crippen LogP contribution in [0.2, 0.25) is 0 Å². The molecule has 2 unspecified atom stereocenters. The van der Waals surface area contributed by atoms with Gasteiger partial charge in [-0.3, -0.25) is 9.59 Å². The van der Waals surface area contributed by atoms with Gasteiger partial charge < -0.3 is 10.2 Å². The Morgan fingerprint density at radius 1 is 1.50 bits per heavy atom. The van der Waals surface area contributed by atoms with Crippen molar-refractivity contribution in [1.29, 1.82) is 0 Å². The summed E-state index contributed by atoms with van der Waals surface area (Å²) in [5.41, 5.74) is 0. The predicted octanol–water partition coefficient (Wildman–Crippen LogP) is 0.646. The molecule has 0 amide bonds. The largest absolute Gasteiger partial charge is 0.481 e. The molecule has 4 nitrogen and oxygen atoms in total. The van der Waals surface area contributed by atoms with Crippen LogP contribution in [0.15, 0.2) is 12.7 Å². The van der Waals surface area contributed by atoms with Gasteiger partial charge in [0.1, 0.15) is 0 Å². The third-order valence-corrected chi connectivity index (χ3v) is 1.94. The predicted molar refractivity (Wildman–Crippen MR) is 46.3 cm³/mol. The Morgan fingerprint density at radius 3 is 2.25 bits per heavy atom. The third kappa shape index (κ3) is 3.43. The van der Waals surface area contributed by atoms with Crippen molar-refractivity contribution >= 4 is 24.6 Å². The highest BCUT2D eigenvalue weighted by atomic mass is 32.1. The highest BCUT2D eigenvalue weighted by Gasteiger charge is 2.25. The van der Waals surface area contributed by atoms with Gasteiger partial charge in [0.2, 0.25) is 0 Å². The maximum atomic E-state index is 10.5. The molecule has 0 aromatic carbocycles. The van der Waals surface area contributed by atoms with Crippen LogP contribution in [0.4, 0.5) is 0 Å². The van der Waals surface area contributed by atoms with Gasteiger partial charge in [-0.1, -0.05) is 6.08 Å². The lowest BCUT2D eigenvalue weighted by molar-refractivity contribution is -0.147. The zero-order chi connectivity index (χ0) is 9.72. The maximum Gasteiger partial charge on any atom is 0.308 e. The first-order chi connectivity index (χ1) is 5.49. The number of thiol groups is 1. The molecule has 2 atom stereocenters. The summed E-state index contributed by atoms with van der Waals surface area (Å²) in [6, 6.07) is 0. The second-order valence-electron chi connectivity index (χ2n) is 2.27. The lowest BCUT2D eigenvalue weighted by Crippen LogP contribution is -2.25. The van der Waals surface area contributed by atoms with E-state index in [4.69, 9.17) is 10.2 Å². The summed E-state index contributed by atoms with van der Waals surface area (Å²) >= 11 is 3.88. The molecule has 0 aliphatic heterocycles. The van der Waals surface area contributed by atoms with E-state index in [1.807, 2.05) is 0 Å². The van der Waals surface area contributed by atoms with Gasteiger partial charge in [-0.2, -0.15) is 12.6 Å². The number of aliphatic carboxylic acids is 2. The van der Waals surface area contributed by atoms with Gasteiger partial charge in [0.15, 0.2) is 0 Å². The summed E-state index contributed by atoms with van der Waals surface area (Å²) < 4.78 is 0. The van der Waals surface area contributed by atoms with Gasteiger partial charge in [-0.05, 0) is 0 Å². The Labute approximate surface area is 75.3 Å². The molecule has 0 radical (unpaired) electrons. The summed E-state index contributed by atoms with van der Waals surface area (Å²) in [5.74, 6) is -3.33. The zero-order valence-corrected chi connectivity index (χ0v) is 7.20. The van der Waals surface area contributed by atoms with Crippen molar-refractivity contribution in [2.24, 2.45) is 5.92 Å². The fraction of sp³-hybridized carbons (Fsp3) is 0.429. The number of hydrogen-bond donors (Lipinski definition) is 3. The second kappa shape index (κ2) is 4.82. The standard InChI is InChI=1S/C7H10O4S/c1-2-5(12)4(7(10)11)3-6(8)9/h2,4-5,12H,1,3H2,(H,8,9)(H,10,11). The number of carbonyl (C=O) groups is 2. The summed E-state index contributed by atoms with van der Waals surface area (Å²) in [6.07, 6.45) is 0.875. The number of rotatable bonds is 5. The molecule has 0 aliphatic rings. The molecular formula is C7H10O4S. The highest BCUT2D eigenvalue weighted by Crippen LogP contribution is 2.15. The van der Waals surface area contributed by atoms with Crippen LogP contribution >= 0.6 is 12.6 Å². The molecule has 2 N–H and O–H groups in total. The van der Waals surface area contributed by atoms with E-state index in [9.17, 15) is 9.59 Å². The van der Waals surface area contributed by atoms with Gasteiger partial charge in [-0.15, -0.1) is 6.58 Å². The molecule has 0 bridgehead atoms. The van der Waals surface area contributed by atoms with E-state index >= 15 is 0 Å². The smallest absolute Gasteiger partial charge is 0.308 e. The van der Waals surface area contributed by atoms with E-state index in [2.05, 4.69) is 19.2 Å². The third-order valence-electron chi connectivity index (χ3n) is 1.37. The minimum atomic E-state index is -1.17. The summed E-state index contributed by atoms with van der Waals surface area (Å²) in [6.45, 7) is 3.34. The van der Waals surface area contributed by atoms with Crippen molar-refractivity contribution in [2.45, 2.75) is 11.7 Å². The van der Waals surface area contributed by atoms with Crippen LogP contribution in [0.1, 0.15) is 6.42 Å². The quantitative estimate of drug-likeness (QED) is 0.439. The lowest BCUT2D eigenvalue weighted by atomic mass is 10.0.